The molecule has 1 amide bonds. The number of aromatic amines is 1. The molecule has 4 aromatic heterocycles. The van der Waals surface area contributed by atoms with Gasteiger partial charge in [-0.1, -0.05) is 54.3 Å². The number of anilines is 1. The first-order valence-electron chi connectivity index (χ1n) is 14.0. The second-order valence-corrected chi connectivity index (χ2v) is 10.4. The van der Waals surface area contributed by atoms with Crippen LogP contribution in [-0.2, 0) is 0 Å². The highest BCUT2D eigenvalue weighted by atomic mass is 16.2. The van der Waals surface area contributed by atoms with Gasteiger partial charge in [0.25, 0.3) is 11.5 Å². The summed E-state index contributed by atoms with van der Waals surface area (Å²) in [6, 6.07) is 23.6. The molecule has 1 unspecified atom stereocenters. The summed E-state index contributed by atoms with van der Waals surface area (Å²) in [4.78, 5) is 40.3. The van der Waals surface area contributed by atoms with Gasteiger partial charge in [-0.3, -0.25) is 14.2 Å². The van der Waals surface area contributed by atoms with Crippen LogP contribution in [0.2, 0.25) is 0 Å². The van der Waals surface area contributed by atoms with Crippen LogP contribution in [0.3, 0.4) is 0 Å². The van der Waals surface area contributed by atoms with Crippen LogP contribution in [0.1, 0.15) is 46.0 Å². The number of aromatic nitrogens is 6. The predicted molar refractivity (Wildman–Crippen MR) is 170 cm³/mol. The van der Waals surface area contributed by atoms with Crippen LogP contribution in [0.4, 0.5) is 5.82 Å². The average Bonchev–Trinajstić information content (AvgIpc) is 3.61. The number of para-hydroxylation sites is 2. The topological polar surface area (TPSA) is 136 Å². The fraction of sp³-hybridized carbons (Fsp3) is 0.0882. The third kappa shape index (κ3) is 4.44. The maximum Gasteiger partial charge on any atom is 0.267 e. The van der Waals surface area contributed by atoms with Gasteiger partial charge in [-0.25, -0.2) is 14.5 Å². The number of H-pyrrole nitrogens is 1. The summed E-state index contributed by atoms with van der Waals surface area (Å²) in [7, 11) is 0. The SMILES string of the molecule is Cc1ccnc2c(C(=O)NC(C)c3nc4cccc(C#Cc5c[nH]c6ccccc56)c4c(=O)n3-c3ccccc3)c(N)nn12. The van der Waals surface area contributed by atoms with E-state index in [-0.39, 0.29) is 16.9 Å². The maximum absolute atomic E-state index is 14.3. The molecule has 0 aliphatic carbocycles. The van der Waals surface area contributed by atoms with E-state index < -0.39 is 11.9 Å². The molecule has 10 heteroatoms. The lowest BCUT2D eigenvalue weighted by Gasteiger charge is -2.20. The van der Waals surface area contributed by atoms with Crippen molar-refractivity contribution in [3.63, 3.8) is 0 Å². The zero-order valence-electron chi connectivity index (χ0n) is 23.9. The summed E-state index contributed by atoms with van der Waals surface area (Å²) in [6.45, 7) is 3.62. The first-order chi connectivity index (χ1) is 21.4. The van der Waals surface area contributed by atoms with Gasteiger partial charge in [0.05, 0.1) is 28.2 Å². The van der Waals surface area contributed by atoms with Gasteiger partial charge < -0.3 is 16.0 Å². The number of fused-ring (bicyclic) bond motifs is 3. The second-order valence-electron chi connectivity index (χ2n) is 10.4. The number of nitrogens with two attached hydrogens (primary N) is 1. The fourth-order valence-electron chi connectivity index (χ4n) is 5.41. The van der Waals surface area contributed by atoms with E-state index in [1.807, 2.05) is 79.9 Å². The van der Waals surface area contributed by atoms with Crippen LogP contribution in [0.5, 0.6) is 0 Å². The summed E-state index contributed by atoms with van der Waals surface area (Å²) >= 11 is 0. The van der Waals surface area contributed by atoms with Crippen LogP contribution in [0.25, 0.3) is 33.1 Å². The van der Waals surface area contributed by atoms with Gasteiger partial charge in [0.15, 0.2) is 11.5 Å². The Kier molecular flexibility index (Phi) is 6.40. The standard InChI is InChI=1S/C34H26N8O2/c1-20-17-18-36-32-29(30(35)40-42(20)32)33(43)38-21(2)31-39-27-14-8-9-22(15-16-23-19-37-26-13-7-6-12-25(23)26)28(27)34(44)41(31)24-10-4-3-5-11-24/h3-14,17-19,21,37H,1-2H3,(H2,35,40)(H,38,43). The third-order valence-corrected chi connectivity index (χ3v) is 7.56. The molecule has 10 nitrogen and oxygen atoms in total. The van der Waals surface area contributed by atoms with Crippen molar-refractivity contribution in [2.45, 2.75) is 19.9 Å². The Morgan fingerprint density at radius 3 is 2.59 bits per heavy atom. The number of nitrogen functional groups attached to an aromatic ring is 1. The van der Waals surface area contributed by atoms with Crippen molar-refractivity contribution in [2.75, 3.05) is 5.73 Å². The molecule has 4 heterocycles. The number of rotatable bonds is 4. The van der Waals surface area contributed by atoms with Crippen molar-refractivity contribution in [2.24, 2.45) is 0 Å². The van der Waals surface area contributed by atoms with Gasteiger partial charge in [0.1, 0.15) is 11.4 Å². The highest BCUT2D eigenvalue weighted by Crippen LogP contribution is 2.23. The Bertz CT molecular complexity index is 2360. The van der Waals surface area contributed by atoms with E-state index >= 15 is 0 Å². The minimum atomic E-state index is -0.695. The molecule has 214 valence electrons. The summed E-state index contributed by atoms with van der Waals surface area (Å²) in [5.74, 6) is 6.36. The maximum atomic E-state index is 14.3. The Morgan fingerprint density at radius 1 is 0.977 bits per heavy atom. The molecule has 0 spiro atoms. The van der Waals surface area contributed by atoms with Gasteiger partial charge in [-0.2, -0.15) is 0 Å². The number of aryl methyl sites for hydroxylation is 1. The average molecular weight is 579 g/mol. The van der Waals surface area contributed by atoms with E-state index in [1.54, 1.807) is 25.3 Å². The molecular weight excluding hydrogens is 552 g/mol. The molecule has 0 saturated carbocycles. The number of carbonyl (C=O) groups is 1. The van der Waals surface area contributed by atoms with Crippen molar-refractivity contribution in [1.82, 2.24) is 34.4 Å². The van der Waals surface area contributed by atoms with E-state index in [2.05, 4.69) is 32.2 Å². The van der Waals surface area contributed by atoms with Crippen LogP contribution in [0.15, 0.2) is 96.1 Å². The van der Waals surface area contributed by atoms with E-state index in [0.717, 1.165) is 22.2 Å². The lowest BCUT2D eigenvalue weighted by atomic mass is 10.1. The van der Waals surface area contributed by atoms with Crippen molar-refractivity contribution in [3.8, 4) is 17.5 Å². The Balaban J connectivity index is 1.35. The molecule has 4 N–H and O–H groups in total. The van der Waals surface area contributed by atoms with Gasteiger partial charge in [-0.15, -0.1) is 5.10 Å². The molecule has 0 aliphatic heterocycles. The lowest BCUT2D eigenvalue weighted by molar-refractivity contribution is 0.0940. The van der Waals surface area contributed by atoms with Gasteiger partial charge >= 0.3 is 0 Å². The van der Waals surface area contributed by atoms with E-state index in [0.29, 0.717) is 33.6 Å². The molecule has 0 bridgehead atoms. The smallest absolute Gasteiger partial charge is 0.267 e. The minimum absolute atomic E-state index is 0.0573. The molecule has 0 radical (unpaired) electrons. The second kappa shape index (κ2) is 10.6. The number of nitrogens with one attached hydrogen (secondary N) is 2. The van der Waals surface area contributed by atoms with Gasteiger partial charge in [0, 0.05) is 34.6 Å². The van der Waals surface area contributed by atoms with Gasteiger partial charge in [-0.05, 0) is 50.2 Å². The van der Waals surface area contributed by atoms with E-state index in [4.69, 9.17) is 10.7 Å². The first-order valence-corrected chi connectivity index (χ1v) is 14.0. The van der Waals surface area contributed by atoms with Crippen molar-refractivity contribution in [3.05, 3.63) is 130 Å². The van der Waals surface area contributed by atoms with Crippen LogP contribution in [-0.4, -0.2) is 35.0 Å². The Labute approximate surface area is 251 Å². The van der Waals surface area contributed by atoms with Crippen molar-refractivity contribution < 1.29 is 4.79 Å². The fourth-order valence-corrected chi connectivity index (χ4v) is 5.41. The summed E-state index contributed by atoms with van der Waals surface area (Å²) in [5.41, 5.74) is 10.6. The minimum Gasteiger partial charge on any atom is -0.381 e. The number of nitrogens with zero attached hydrogens (tertiary/aromatic N) is 5. The van der Waals surface area contributed by atoms with Gasteiger partial charge in [0.2, 0.25) is 0 Å². The quantitative estimate of drug-likeness (QED) is 0.259. The Morgan fingerprint density at radius 2 is 1.75 bits per heavy atom. The molecule has 0 fully saturated rings. The molecule has 0 saturated heterocycles. The van der Waals surface area contributed by atoms with Crippen molar-refractivity contribution >= 4 is 39.2 Å². The zero-order valence-corrected chi connectivity index (χ0v) is 23.9. The molecule has 7 rings (SSSR count). The molecule has 7 aromatic rings. The normalized spacial score (nSPS) is 11.9. The summed E-state index contributed by atoms with van der Waals surface area (Å²) in [5, 5.41) is 8.63. The molecule has 1 atom stereocenters. The Hall–Kier alpha value is -6.21. The molecule has 3 aromatic carbocycles. The first kappa shape index (κ1) is 26.7. The number of hydrogen-bond acceptors (Lipinski definition) is 6. The number of amides is 1. The van der Waals surface area contributed by atoms with Crippen molar-refractivity contribution in [1.29, 1.82) is 0 Å². The molecule has 0 aliphatic rings. The number of benzene rings is 3. The lowest BCUT2D eigenvalue weighted by Crippen LogP contribution is -2.33. The third-order valence-electron chi connectivity index (χ3n) is 7.56. The summed E-state index contributed by atoms with van der Waals surface area (Å²) < 4.78 is 3.05. The number of carbonyl (C=O) groups excluding carboxylic acids is 1. The molecular formula is C34H26N8O2. The predicted octanol–water partition coefficient (Wildman–Crippen LogP) is 4.69. The monoisotopic (exact) mass is 578 g/mol. The van der Waals surface area contributed by atoms with Crippen LogP contribution in [0, 0.1) is 18.8 Å². The highest BCUT2D eigenvalue weighted by molar-refractivity contribution is 6.04. The number of hydrogen-bond donors (Lipinski definition) is 3. The van der Waals surface area contributed by atoms with Crippen LogP contribution >= 0.6 is 0 Å². The molecule has 44 heavy (non-hydrogen) atoms. The van der Waals surface area contributed by atoms with E-state index in [9.17, 15) is 9.59 Å². The highest BCUT2D eigenvalue weighted by Gasteiger charge is 2.25. The largest absolute Gasteiger partial charge is 0.381 e. The van der Waals surface area contributed by atoms with E-state index in [1.165, 1.54) is 9.08 Å². The zero-order chi connectivity index (χ0) is 30.4. The van der Waals surface area contributed by atoms with Crippen LogP contribution < -0.4 is 16.6 Å². The summed E-state index contributed by atoms with van der Waals surface area (Å²) in [6.07, 6.45) is 3.46.